The van der Waals surface area contributed by atoms with Crippen molar-refractivity contribution in [2.45, 2.75) is 64.0 Å². The van der Waals surface area contributed by atoms with Crippen molar-refractivity contribution in [1.29, 1.82) is 0 Å². The number of fused-ring (bicyclic) bond motifs is 1. The molecule has 1 spiro atoms. The Morgan fingerprint density at radius 2 is 1.69 bits per heavy atom. The van der Waals surface area contributed by atoms with Gasteiger partial charge in [0.2, 0.25) is 0 Å². The Hall–Kier alpha value is -4.96. The minimum absolute atomic E-state index is 0.391. The monoisotopic (exact) mass is 657 g/mol. The molecule has 0 unspecified atom stereocenters. The van der Waals surface area contributed by atoms with Crippen LogP contribution in [0.1, 0.15) is 58.4 Å². The maximum atomic E-state index is 12.8. The van der Waals surface area contributed by atoms with Crippen molar-refractivity contribution < 1.29 is 14.3 Å². The Morgan fingerprint density at radius 1 is 0.918 bits per heavy atom. The summed E-state index contributed by atoms with van der Waals surface area (Å²) in [7, 11) is 0. The van der Waals surface area contributed by atoms with Crippen molar-refractivity contribution in [3.63, 3.8) is 0 Å². The molecule has 1 saturated carbocycles. The summed E-state index contributed by atoms with van der Waals surface area (Å²) in [6, 6.07) is 24.8. The molecule has 0 radical (unpaired) electrons. The summed E-state index contributed by atoms with van der Waals surface area (Å²) in [5.74, 6) is 1.06. The molecule has 49 heavy (non-hydrogen) atoms. The second kappa shape index (κ2) is 11.9. The van der Waals surface area contributed by atoms with E-state index in [1.165, 1.54) is 5.69 Å². The number of nitrogen functional groups attached to an aromatic ring is 1. The van der Waals surface area contributed by atoms with Crippen LogP contribution in [0.3, 0.4) is 0 Å². The summed E-state index contributed by atoms with van der Waals surface area (Å²) < 4.78 is 13.3. The number of benzene rings is 2. The Morgan fingerprint density at radius 3 is 2.39 bits per heavy atom. The van der Waals surface area contributed by atoms with E-state index < -0.39 is 17.2 Å². The van der Waals surface area contributed by atoms with E-state index in [2.05, 4.69) is 68.3 Å². The van der Waals surface area contributed by atoms with Crippen LogP contribution in [-0.2, 0) is 15.0 Å². The van der Waals surface area contributed by atoms with E-state index in [4.69, 9.17) is 25.2 Å². The summed E-state index contributed by atoms with van der Waals surface area (Å²) in [5.41, 5.74) is 13.1. The Kier molecular flexibility index (Phi) is 7.59. The van der Waals surface area contributed by atoms with Gasteiger partial charge >= 0.3 is 6.09 Å². The molecule has 0 bridgehead atoms. The quantitative estimate of drug-likeness (QED) is 0.196. The Balaban J connectivity index is 1.15. The number of carbonyl (C=O) groups is 1. The van der Waals surface area contributed by atoms with Crippen molar-refractivity contribution in [3.05, 3.63) is 84.6 Å². The lowest BCUT2D eigenvalue weighted by Crippen LogP contribution is -2.58. The van der Waals surface area contributed by atoms with Crippen LogP contribution < -0.4 is 16.0 Å². The van der Waals surface area contributed by atoms with Gasteiger partial charge in [-0.1, -0.05) is 24.3 Å². The third kappa shape index (κ3) is 5.88. The van der Waals surface area contributed by atoms with E-state index in [-0.39, 0.29) is 0 Å². The number of nitrogens with one attached hydrogen (secondary N) is 1. The average molecular weight is 658 g/mol. The Bertz CT molecular complexity index is 2010. The van der Waals surface area contributed by atoms with Crippen molar-refractivity contribution in [3.8, 4) is 28.3 Å². The second-order valence-corrected chi connectivity index (χ2v) is 14.9. The summed E-state index contributed by atoms with van der Waals surface area (Å²) >= 11 is 0. The summed E-state index contributed by atoms with van der Waals surface area (Å²) in [6.45, 7) is 9.50. The SMILES string of the molecule is CC(C)(C)OC(=O)NC1(c2ccc(-n3c(-c4cccnc4N)nc4ccc(-c5cccc(N6CC7(CCOCC7)C6)c5)nc43)cc2)CCC1. The molecule has 5 heterocycles. The molecular formula is C39H43N7O3. The molecule has 3 aromatic heterocycles. The van der Waals surface area contributed by atoms with Gasteiger partial charge in [0.15, 0.2) is 11.5 Å². The predicted octanol–water partition coefficient (Wildman–Crippen LogP) is 7.25. The first-order chi connectivity index (χ1) is 23.6. The summed E-state index contributed by atoms with van der Waals surface area (Å²) in [5, 5.41) is 3.17. The standard InChI is InChI=1S/C39H43N7O3/c1-37(2,3)49-36(47)44-39(16-6-17-39)27-10-12-28(13-11-27)46-34(30-9-5-20-41-33(30)40)43-32-15-14-31(42-35(32)46)26-7-4-8-29(23-26)45-24-38(25-45)18-21-48-22-19-38/h4-5,7-15,20,23H,6,16-19,21-22,24-25H2,1-3H3,(H2,40,41)(H,44,47). The first-order valence-corrected chi connectivity index (χ1v) is 17.3. The molecule has 252 valence electrons. The Labute approximate surface area is 286 Å². The van der Waals surface area contributed by atoms with E-state index in [9.17, 15) is 4.79 Å². The number of nitrogens with zero attached hydrogens (tertiary/aromatic N) is 5. The van der Waals surface area contributed by atoms with Gasteiger partial charge in [0.25, 0.3) is 0 Å². The van der Waals surface area contributed by atoms with Crippen molar-refractivity contribution in [2.75, 3.05) is 36.9 Å². The first kappa shape index (κ1) is 31.3. The smallest absolute Gasteiger partial charge is 0.408 e. The molecule has 8 rings (SSSR count). The highest BCUT2D eigenvalue weighted by Gasteiger charge is 2.44. The number of pyridine rings is 2. The molecule has 10 heteroatoms. The number of hydrogen-bond acceptors (Lipinski definition) is 8. The van der Waals surface area contributed by atoms with E-state index >= 15 is 0 Å². The molecular weight excluding hydrogens is 614 g/mol. The molecule has 1 aliphatic carbocycles. The number of imidazole rings is 1. The highest BCUT2D eigenvalue weighted by Crippen LogP contribution is 2.44. The van der Waals surface area contributed by atoms with Crippen LogP contribution in [0.15, 0.2) is 79.0 Å². The molecule has 0 atom stereocenters. The van der Waals surface area contributed by atoms with Crippen LogP contribution in [0.4, 0.5) is 16.3 Å². The maximum absolute atomic E-state index is 12.8. The van der Waals surface area contributed by atoms with Crippen molar-refractivity contribution >= 4 is 28.8 Å². The highest BCUT2D eigenvalue weighted by molar-refractivity contribution is 5.85. The maximum Gasteiger partial charge on any atom is 0.408 e. The van der Waals surface area contributed by atoms with Crippen LogP contribution in [0.25, 0.3) is 39.5 Å². The number of alkyl carbamates (subject to hydrolysis) is 1. The minimum atomic E-state index is -0.568. The minimum Gasteiger partial charge on any atom is -0.444 e. The highest BCUT2D eigenvalue weighted by atomic mass is 16.6. The van der Waals surface area contributed by atoms with Gasteiger partial charge in [0.05, 0.1) is 16.8 Å². The van der Waals surface area contributed by atoms with Gasteiger partial charge in [-0.05, 0) is 107 Å². The van der Waals surface area contributed by atoms with Gasteiger partial charge < -0.3 is 25.4 Å². The zero-order valence-corrected chi connectivity index (χ0v) is 28.4. The van der Waals surface area contributed by atoms with Crippen LogP contribution in [0, 0.1) is 5.41 Å². The predicted molar refractivity (Wildman–Crippen MR) is 192 cm³/mol. The number of amides is 1. The molecule has 3 fully saturated rings. The summed E-state index contributed by atoms with van der Waals surface area (Å²) in [4.78, 5) is 29.9. The van der Waals surface area contributed by atoms with Crippen molar-refractivity contribution in [1.82, 2.24) is 24.8 Å². The fourth-order valence-electron chi connectivity index (χ4n) is 7.52. The van der Waals surface area contributed by atoms with E-state index in [0.717, 1.165) is 97.6 Å². The third-order valence-electron chi connectivity index (χ3n) is 10.3. The lowest BCUT2D eigenvalue weighted by Gasteiger charge is -2.53. The number of anilines is 2. The topological polar surface area (TPSA) is 120 Å². The molecule has 1 amide bonds. The van der Waals surface area contributed by atoms with Gasteiger partial charge in [-0.3, -0.25) is 4.57 Å². The van der Waals surface area contributed by atoms with E-state index in [1.54, 1.807) is 6.20 Å². The van der Waals surface area contributed by atoms with Crippen molar-refractivity contribution in [2.24, 2.45) is 5.41 Å². The van der Waals surface area contributed by atoms with Gasteiger partial charge in [0.1, 0.15) is 16.9 Å². The number of ether oxygens (including phenoxy) is 2. The lowest BCUT2D eigenvalue weighted by atomic mass is 9.72. The zero-order chi connectivity index (χ0) is 33.8. The van der Waals surface area contributed by atoms with Crippen LogP contribution in [0.2, 0.25) is 0 Å². The van der Waals surface area contributed by atoms with Crippen LogP contribution in [0.5, 0.6) is 0 Å². The molecule has 3 N–H and O–H groups in total. The number of nitrogens with two attached hydrogens (primary N) is 1. The first-order valence-electron chi connectivity index (χ1n) is 17.3. The van der Waals surface area contributed by atoms with E-state index in [0.29, 0.717) is 17.1 Å². The molecule has 2 aliphatic heterocycles. The molecule has 2 saturated heterocycles. The summed E-state index contributed by atoms with van der Waals surface area (Å²) in [6.07, 6.45) is 6.30. The fraction of sp³-hybridized carbons (Fsp3) is 0.385. The normalized spacial score (nSPS) is 18.1. The van der Waals surface area contributed by atoms with E-state index in [1.807, 2.05) is 45.0 Å². The number of hydrogen-bond donors (Lipinski definition) is 2. The third-order valence-corrected chi connectivity index (χ3v) is 10.3. The average Bonchev–Trinajstić information content (AvgIpc) is 3.44. The van der Waals surface area contributed by atoms with Gasteiger partial charge in [-0.25, -0.2) is 19.7 Å². The van der Waals surface area contributed by atoms with Crippen LogP contribution >= 0.6 is 0 Å². The molecule has 10 nitrogen and oxygen atoms in total. The molecule has 2 aromatic carbocycles. The van der Waals surface area contributed by atoms with Gasteiger partial charge in [-0.2, -0.15) is 0 Å². The largest absolute Gasteiger partial charge is 0.444 e. The lowest BCUT2D eigenvalue weighted by molar-refractivity contribution is -0.000194. The fourth-order valence-corrected chi connectivity index (χ4v) is 7.52. The van der Waals surface area contributed by atoms with Gasteiger partial charge in [0, 0.05) is 54.9 Å². The number of aromatic nitrogens is 4. The molecule has 3 aliphatic rings. The van der Waals surface area contributed by atoms with Gasteiger partial charge in [-0.15, -0.1) is 0 Å². The second-order valence-electron chi connectivity index (χ2n) is 14.9. The number of carbonyl (C=O) groups excluding carboxylic acids is 1. The molecule has 5 aromatic rings. The van der Waals surface area contributed by atoms with Crippen LogP contribution in [-0.4, -0.2) is 57.5 Å². The number of rotatable bonds is 6. The zero-order valence-electron chi connectivity index (χ0n) is 28.4.